The maximum Gasteiger partial charge on any atom is 0.135 e. The largest absolute Gasteiger partial charge is 0.377 e. The van der Waals surface area contributed by atoms with Gasteiger partial charge in [0.25, 0.3) is 0 Å². The number of rotatable bonds is 39. The zero-order valence-electron chi connectivity index (χ0n) is 42.8. The highest BCUT2D eigenvalue weighted by atomic mass is 16.5. The molecule has 0 amide bonds. The summed E-state index contributed by atoms with van der Waals surface area (Å²) < 4.78 is 5.69. The summed E-state index contributed by atoms with van der Waals surface area (Å²) in [5.74, 6) is 5.75. The van der Waals surface area contributed by atoms with Crippen molar-refractivity contribution in [3.63, 3.8) is 0 Å². The van der Waals surface area contributed by atoms with Crippen LogP contribution in [0.3, 0.4) is 0 Å². The number of unbranched alkanes of at least 4 members (excludes halogenated alkanes) is 4. The van der Waals surface area contributed by atoms with E-state index in [9.17, 15) is 33.6 Å². The highest BCUT2D eigenvalue weighted by Crippen LogP contribution is 2.15. The molecule has 0 saturated carbocycles. The summed E-state index contributed by atoms with van der Waals surface area (Å²) in [6, 6.07) is 0. The lowest BCUT2D eigenvalue weighted by Crippen LogP contribution is -2.18. The number of Topliss-reactive ketones (excluding diaryl/α,β-unsaturated/α-hetero) is 4. The molecule has 1 unspecified atom stereocenters. The Morgan fingerprint density at radius 3 is 0.903 bits per heavy atom. The molecule has 62 heavy (non-hydrogen) atoms. The van der Waals surface area contributed by atoms with E-state index < -0.39 is 0 Å². The van der Waals surface area contributed by atoms with Crippen LogP contribution in [0.1, 0.15) is 256 Å². The van der Waals surface area contributed by atoms with E-state index in [4.69, 9.17) is 4.74 Å². The van der Waals surface area contributed by atoms with Gasteiger partial charge in [-0.3, -0.25) is 19.2 Å². The summed E-state index contributed by atoms with van der Waals surface area (Å²) in [7, 11) is 0. The summed E-state index contributed by atoms with van der Waals surface area (Å²) in [6.07, 6.45) is 25.9. The van der Waals surface area contributed by atoms with Crippen molar-refractivity contribution in [2.24, 2.45) is 35.5 Å². The van der Waals surface area contributed by atoms with Gasteiger partial charge in [-0.25, -0.2) is 0 Å². The van der Waals surface area contributed by atoms with Crippen LogP contribution in [0.2, 0.25) is 0 Å². The van der Waals surface area contributed by atoms with E-state index in [-0.39, 0.29) is 17.7 Å². The first kappa shape index (κ1) is 66.3. The van der Waals surface area contributed by atoms with Gasteiger partial charge in [-0.1, -0.05) is 141 Å². The van der Waals surface area contributed by atoms with E-state index in [2.05, 4.69) is 83.1 Å². The third-order valence-corrected chi connectivity index (χ3v) is 10.4. The fourth-order valence-electron chi connectivity index (χ4n) is 6.42. The van der Waals surface area contributed by atoms with E-state index in [1.54, 1.807) is 0 Å². The van der Waals surface area contributed by atoms with E-state index in [0.717, 1.165) is 126 Å². The first-order valence-corrected chi connectivity index (χ1v) is 25.3. The second kappa shape index (κ2) is 49.7. The monoisotopic (exact) mass is 879 g/mol. The SMILES string of the molecule is CC(C)CCCCC(=O)CCCC(C)C.CC(C)CCCCC(=O)CCCC(C)C.CC(C)CCCCC(=O)CCOC(CC=O)CCC(=O)CCCC(C)C.O=CCCC=O. The number of ketones is 4. The third-order valence-electron chi connectivity index (χ3n) is 10.4. The molecule has 0 aliphatic heterocycles. The van der Waals surface area contributed by atoms with Gasteiger partial charge in [0.1, 0.15) is 42.0 Å². The van der Waals surface area contributed by atoms with Gasteiger partial charge in [0.15, 0.2) is 0 Å². The van der Waals surface area contributed by atoms with Crippen molar-refractivity contribution in [3.05, 3.63) is 0 Å². The fraction of sp³-hybridized carbons (Fsp3) is 0.870. The molecule has 0 heterocycles. The summed E-state index contributed by atoms with van der Waals surface area (Å²) in [5, 5.41) is 0. The summed E-state index contributed by atoms with van der Waals surface area (Å²) >= 11 is 0. The van der Waals surface area contributed by atoms with Gasteiger partial charge in [-0.15, -0.1) is 0 Å². The second-order valence-corrected chi connectivity index (χ2v) is 20.0. The topological polar surface area (TPSA) is 129 Å². The van der Waals surface area contributed by atoms with Crippen LogP contribution in [0.25, 0.3) is 0 Å². The number of hydrogen-bond acceptors (Lipinski definition) is 8. The van der Waals surface area contributed by atoms with Crippen LogP contribution in [0, 0.1) is 35.5 Å². The van der Waals surface area contributed by atoms with Crippen LogP contribution >= 0.6 is 0 Å². The lowest BCUT2D eigenvalue weighted by atomic mass is 10.0. The zero-order chi connectivity index (χ0) is 48.0. The van der Waals surface area contributed by atoms with Crippen LogP contribution in [0.4, 0.5) is 0 Å². The quantitative estimate of drug-likeness (QED) is 0.0441. The molecule has 0 aromatic carbocycles. The molecule has 0 aromatic rings. The van der Waals surface area contributed by atoms with E-state index in [0.29, 0.717) is 81.4 Å². The van der Waals surface area contributed by atoms with Crippen LogP contribution < -0.4 is 0 Å². The van der Waals surface area contributed by atoms with Crippen molar-refractivity contribution in [1.29, 1.82) is 0 Å². The molecule has 366 valence electrons. The maximum atomic E-state index is 11.9. The molecule has 0 aliphatic rings. The molecule has 0 aliphatic carbocycles. The van der Waals surface area contributed by atoms with E-state index in [1.165, 1.54) is 38.5 Å². The van der Waals surface area contributed by atoms with Gasteiger partial charge >= 0.3 is 0 Å². The van der Waals surface area contributed by atoms with Gasteiger partial charge in [0.2, 0.25) is 0 Å². The second-order valence-electron chi connectivity index (χ2n) is 20.0. The highest BCUT2D eigenvalue weighted by Gasteiger charge is 2.13. The number of hydrogen-bond donors (Lipinski definition) is 0. The van der Waals surface area contributed by atoms with Crippen molar-refractivity contribution in [2.75, 3.05) is 6.61 Å². The molecule has 0 bridgehead atoms. The first-order valence-electron chi connectivity index (χ1n) is 25.3. The standard InChI is InChI=1S/C22H40O4.2C14H28O.C4H6O2/c1-18(2)8-5-6-10-21(25)15-17-26-22(14-16-23)13-12-20(24)11-7-9-19(3)4;2*1-12(2)8-5-6-10-14(15)11-7-9-13(3)4;5-3-1-2-4-6/h16,18-19,22H,5-15,17H2,1-4H3;2*12-13H,5-11H2,1-4H3;3-4H,1-2H2. The average Bonchev–Trinajstić information content (AvgIpc) is 3.18. The number of carbonyl (C=O) groups is 7. The van der Waals surface area contributed by atoms with Crippen LogP contribution in [-0.2, 0) is 38.3 Å². The molecule has 0 spiro atoms. The minimum Gasteiger partial charge on any atom is -0.377 e. The highest BCUT2D eigenvalue weighted by molar-refractivity contribution is 5.79. The minimum atomic E-state index is -0.240. The van der Waals surface area contributed by atoms with Gasteiger partial charge in [-0.2, -0.15) is 0 Å². The zero-order valence-corrected chi connectivity index (χ0v) is 42.8. The van der Waals surface area contributed by atoms with Crippen LogP contribution in [0.15, 0.2) is 0 Å². The Labute approximate surface area is 383 Å². The summed E-state index contributed by atoms with van der Waals surface area (Å²) in [5.41, 5.74) is 0. The molecule has 0 rings (SSSR count). The smallest absolute Gasteiger partial charge is 0.135 e. The van der Waals surface area contributed by atoms with Crippen molar-refractivity contribution >= 4 is 42.0 Å². The molecule has 8 nitrogen and oxygen atoms in total. The predicted molar refractivity (Wildman–Crippen MR) is 262 cm³/mol. The molecule has 0 N–H and O–H groups in total. The Morgan fingerprint density at radius 2 is 0.613 bits per heavy atom. The number of aldehydes is 3. The van der Waals surface area contributed by atoms with Gasteiger partial charge in [0.05, 0.1) is 12.7 Å². The average molecular weight is 879 g/mol. The van der Waals surface area contributed by atoms with E-state index >= 15 is 0 Å². The van der Waals surface area contributed by atoms with Crippen molar-refractivity contribution in [1.82, 2.24) is 0 Å². The number of carbonyl (C=O) groups excluding carboxylic acids is 7. The first-order chi connectivity index (χ1) is 29.3. The number of ether oxygens (including phenoxy) is 1. The van der Waals surface area contributed by atoms with Crippen LogP contribution in [-0.4, -0.2) is 54.7 Å². The lowest BCUT2D eigenvalue weighted by Gasteiger charge is -2.15. The Bertz CT molecular complexity index is 1010. The van der Waals surface area contributed by atoms with Crippen molar-refractivity contribution in [3.8, 4) is 0 Å². The summed E-state index contributed by atoms with van der Waals surface area (Å²) in [6.45, 7) is 26.9. The molecular formula is C54H102O8. The molecule has 1 atom stereocenters. The molecular weight excluding hydrogens is 777 g/mol. The minimum absolute atomic E-state index is 0.225. The molecule has 0 saturated heterocycles. The Balaban J connectivity index is -0.000000400. The predicted octanol–water partition coefficient (Wildman–Crippen LogP) is 14.7. The fourth-order valence-corrected chi connectivity index (χ4v) is 6.42. The van der Waals surface area contributed by atoms with Crippen molar-refractivity contribution < 1.29 is 38.3 Å². The Kier molecular flexibility index (Phi) is 53.1. The van der Waals surface area contributed by atoms with Crippen molar-refractivity contribution in [2.45, 2.75) is 263 Å². The van der Waals surface area contributed by atoms with Gasteiger partial charge in [-0.05, 0) is 80.5 Å². The normalized spacial score (nSPS) is 11.5. The third kappa shape index (κ3) is 64.3. The van der Waals surface area contributed by atoms with E-state index in [1.807, 2.05) is 0 Å². The molecule has 0 aromatic heterocycles. The molecule has 8 heteroatoms. The Hall–Kier alpha value is -2.35. The van der Waals surface area contributed by atoms with Gasteiger partial charge < -0.3 is 19.1 Å². The molecule has 0 fully saturated rings. The Morgan fingerprint density at radius 1 is 0.339 bits per heavy atom. The summed E-state index contributed by atoms with van der Waals surface area (Å²) in [4.78, 5) is 76.3. The lowest BCUT2D eigenvalue weighted by molar-refractivity contribution is -0.123. The molecule has 0 radical (unpaired) electrons. The van der Waals surface area contributed by atoms with Gasteiger partial charge in [0, 0.05) is 70.6 Å². The van der Waals surface area contributed by atoms with Crippen LogP contribution in [0.5, 0.6) is 0 Å². The maximum absolute atomic E-state index is 11.9.